The molecule has 0 aliphatic carbocycles. The summed E-state index contributed by atoms with van der Waals surface area (Å²) in [5, 5.41) is 0. The summed E-state index contributed by atoms with van der Waals surface area (Å²) in [6.07, 6.45) is 3.35. The molecule has 0 radical (unpaired) electrons. The molecule has 22 heavy (non-hydrogen) atoms. The normalized spacial score (nSPS) is 15.8. The maximum Gasteiger partial charge on any atom is 0.254 e. The highest BCUT2D eigenvalue weighted by atomic mass is 16.2. The zero-order chi connectivity index (χ0) is 15.4. The van der Waals surface area contributed by atoms with Crippen LogP contribution in [0.3, 0.4) is 0 Å². The fourth-order valence-corrected chi connectivity index (χ4v) is 2.87. The lowest BCUT2D eigenvalue weighted by Crippen LogP contribution is -3.13. The summed E-state index contributed by atoms with van der Waals surface area (Å²) in [7, 11) is 0. The molecule has 0 saturated carbocycles. The van der Waals surface area contributed by atoms with E-state index in [9.17, 15) is 4.79 Å². The van der Waals surface area contributed by atoms with Gasteiger partial charge in [0.25, 0.3) is 5.91 Å². The number of piperazine rings is 1. The molecule has 0 unspecified atom stereocenters. The first kappa shape index (κ1) is 14.7. The Morgan fingerprint density at radius 2 is 1.73 bits per heavy atom. The third kappa shape index (κ3) is 3.52. The Hall–Kier alpha value is -2.20. The summed E-state index contributed by atoms with van der Waals surface area (Å²) in [4.78, 5) is 19.9. The molecule has 1 saturated heterocycles. The van der Waals surface area contributed by atoms with Crippen molar-refractivity contribution in [2.45, 2.75) is 13.5 Å². The van der Waals surface area contributed by atoms with Crippen molar-refractivity contribution in [3.8, 4) is 0 Å². The van der Waals surface area contributed by atoms with Crippen LogP contribution in [0.25, 0.3) is 0 Å². The van der Waals surface area contributed by atoms with Gasteiger partial charge in [-0.05, 0) is 19.1 Å². The minimum Gasteiger partial charge on any atom is -0.328 e. The molecule has 1 aliphatic heterocycles. The maximum absolute atomic E-state index is 12.4. The summed E-state index contributed by atoms with van der Waals surface area (Å²) < 4.78 is 0. The Labute approximate surface area is 131 Å². The number of amides is 1. The molecule has 1 amide bonds. The SMILES string of the molecule is Cc1ccc(C[NH+]2CCN(C(=O)c3ccncc3)CC2)cc1. The van der Waals surface area contributed by atoms with Crippen molar-refractivity contribution in [2.24, 2.45) is 0 Å². The van der Waals surface area contributed by atoms with Crippen molar-refractivity contribution in [3.05, 3.63) is 65.5 Å². The number of pyridine rings is 1. The van der Waals surface area contributed by atoms with Gasteiger partial charge in [0.2, 0.25) is 0 Å². The Morgan fingerprint density at radius 3 is 2.36 bits per heavy atom. The summed E-state index contributed by atoms with van der Waals surface area (Å²) in [5.41, 5.74) is 3.40. The van der Waals surface area contributed by atoms with Crippen molar-refractivity contribution in [2.75, 3.05) is 26.2 Å². The first-order valence-corrected chi connectivity index (χ1v) is 7.81. The van der Waals surface area contributed by atoms with Gasteiger partial charge >= 0.3 is 0 Å². The standard InChI is InChI=1S/C18H21N3O/c1-15-2-4-16(5-3-15)14-20-10-12-21(13-11-20)18(22)17-6-8-19-9-7-17/h2-9H,10-14H2,1H3/p+1. The molecular weight excluding hydrogens is 274 g/mol. The van der Waals surface area contributed by atoms with Crippen LogP contribution >= 0.6 is 0 Å². The van der Waals surface area contributed by atoms with Crippen molar-refractivity contribution in [3.63, 3.8) is 0 Å². The minimum atomic E-state index is 0.122. The molecule has 4 nitrogen and oxygen atoms in total. The van der Waals surface area contributed by atoms with Gasteiger partial charge in [-0.1, -0.05) is 29.8 Å². The number of rotatable bonds is 3. The van der Waals surface area contributed by atoms with Gasteiger partial charge in [-0.2, -0.15) is 0 Å². The number of nitrogens with one attached hydrogen (secondary N) is 1. The number of aryl methyl sites for hydroxylation is 1. The molecular formula is C18H22N3O+. The topological polar surface area (TPSA) is 37.6 Å². The van der Waals surface area contributed by atoms with Gasteiger partial charge in [0, 0.05) is 23.5 Å². The van der Waals surface area contributed by atoms with Gasteiger partial charge in [-0.25, -0.2) is 0 Å². The number of hydrogen-bond acceptors (Lipinski definition) is 2. The van der Waals surface area contributed by atoms with Crippen LogP contribution in [-0.2, 0) is 6.54 Å². The molecule has 114 valence electrons. The Bertz CT molecular complexity index is 617. The van der Waals surface area contributed by atoms with Crippen LogP contribution < -0.4 is 4.90 Å². The fourth-order valence-electron chi connectivity index (χ4n) is 2.87. The van der Waals surface area contributed by atoms with Gasteiger partial charge in [0.1, 0.15) is 6.54 Å². The number of aromatic nitrogens is 1. The van der Waals surface area contributed by atoms with Crippen LogP contribution in [0.5, 0.6) is 0 Å². The highest BCUT2D eigenvalue weighted by Crippen LogP contribution is 2.05. The molecule has 3 rings (SSSR count). The van der Waals surface area contributed by atoms with Crippen molar-refractivity contribution < 1.29 is 9.69 Å². The summed E-state index contributed by atoms with van der Waals surface area (Å²) in [5.74, 6) is 0.122. The monoisotopic (exact) mass is 296 g/mol. The molecule has 0 spiro atoms. The Morgan fingerprint density at radius 1 is 1.09 bits per heavy atom. The second kappa shape index (κ2) is 6.71. The lowest BCUT2D eigenvalue weighted by Gasteiger charge is -2.32. The molecule has 0 atom stereocenters. The largest absolute Gasteiger partial charge is 0.328 e. The molecule has 1 aromatic carbocycles. The zero-order valence-electron chi connectivity index (χ0n) is 13.0. The summed E-state index contributed by atoms with van der Waals surface area (Å²) in [6.45, 7) is 6.80. The fraction of sp³-hybridized carbons (Fsp3) is 0.333. The van der Waals surface area contributed by atoms with E-state index in [1.807, 2.05) is 4.90 Å². The number of hydrogen-bond donors (Lipinski definition) is 1. The molecule has 1 aliphatic rings. The van der Waals surface area contributed by atoms with Crippen molar-refractivity contribution in [1.29, 1.82) is 0 Å². The molecule has 4 heteroatoms. The quantitative estimate of drug-likeness (QED) is 0.915. The second-order valence-electron chi connectivity index (χ2n) is 5.94. The van der Waals surface area contributed by atoms with E-state index in [2.05, 4.69) is 36.2 Å². The average Bonchev–Trinajstić information content (AvgIpc) is 2.58. The smallest absolute Gasteiger partial charge is 0.254 e. The van der Waals surface area contributed by atoms with E-state index in [4.69, 9.17) is 0 Å². The molecule has 2 heterocycles. The van der Waals surface area contributed by atoms with Gasteiger partial charge < -0.3 is 9.80 Å². The second-order valence-corrected chi connectivity index (χ2v) is 5.94. The summed E-state index contributed by atoms with van der Waals surface area (Å²) >= 11 is 0. The predicted octanol–water partition coefficient (Wildman–Crippen LogP) is 0.931. The zero-order valence-corrected chi connectivity index (χ0v) is 13.0. The lowest BCUT2D eigenvalue weighted by molar-refractivity contribution is -0.917. The molecule has 0 bridgehead atoms. The van der Waals surface area contributed by atoms with Crippen LogP contribution in [0.1, 0.15) is 21.5 Å². The van der Waals surface area contributed by atoms with E-state index < -0.39 is 0 Å². The number of nitrogens with zero attached hydrogens (tertiary/aromatic N) is 2. The first-order valence-electron chi connectivity index (χ1n) is 7.81. The highest BCUT2D eigenvalue weighted by molar-refractivity contribution is 5.94. The first-order chi connectivity index (χ1) is 10.7. The number of quaternary nitrogens is 1. The predicted molar refractivity (Wildman–Crippen MR) is 85.7 cm³/mol. The van der Waals surface area contributed by atoms with E-state index in [0.717, 1.165) is 38.3 Å². The van der Waals surface area contributed by atoms with Gasteiger partial charge in [0.15, 0.2) is 0 Å². The summed E-state index contributed by atoms with van der Waals surface area (Å²) in [6, 6.07) is 12.3. The molecule has 1 fully saturated rings. The third-order valence-corrected chi connectivity index (χ3v) is 4.26. The maximum atomic E-state index is 12.4. The van der Waals surface area contributed by atoms with E-state index in [-0.39, 0.29) is 5.91 Å². The molecule has 1 aromatic heterocycles. The van der Waals surface area contributed by atoms with Crippen LogP contribution in [0, 0.1) is 6.92 Å². The minimum absolute atomic E-state index is 0.122. The number of carbonyl (C=O) groups excluding carboxylic acids is 1. The van der Waals surface area contributed by atoms with Crippen molar-refractivity contribution >= 4 is 5.91 Å². The molecule has 1 N–H and O–H groups in total. The van der Waals surface area contributed by atoms with E-state index in [1.165, 1.54) is 11.1 Å². The Kier molecular flexibility index (Phi) is 4.49. The van der Waals surface area contributed by atoms with Gasteiger partial charge in [-0.3, -0.25) is 9.78 Å². The van der Waals surface area contributed by atoms with Gasteiger partial charge in [0.05, 0.1) is 26.2 Å². The Balaban J connectivity index is 1.54. The molecule has 2 aromatic rings. The van der Waals surface area contributed by atoms with Crippen LogP contribution in [0.4, 0.5) is 0 Å². The number of carbonyl (C=O) groups is 1. The van der Waals surface area contributed by atoms with Crippen LogP contribution in [-0.4, -0.2) is 42.0 Å². The van der Waals surface area contributed by atoms with Crippen molar-refractivity contribution in [1.82, 2.24) is 9.88 Å². The van der Waals surface area contributed by atoms with E-state index in [1.54, 1.807) is 29.4 Å². The number of benzene rings is 1. The van der Waals surface area contributed by atoms with Crippen LogP contribution in [0.15, 0.2) is 48.8 Å². The average molecular weight is 296 g/mol. The highest BCUT2D eigenvalue weighted by Gasteiger charge is 2.24. The van der Waals surface area contributed by atoms with E-state index in [0.29, 0.717) is 0 Å². The lowest BCUT2D eigenvalue weighted by atomic mass is 10.1. The van der Waals surface area contributed by atoms with Crippen LogP contribution in [0.2, 0.25) is 0 Å². The third-order valence-electron chi connectivity index (χ3n) is 4.26. The van der Waals surface area contributed by atoms with Gasteiger partial charge in [-0.15, -0.1) is 0 Å². The van der Waals surface area contributed by atoms with E-state index >= 15 is 0 Å².